The van der Waals surface area contributed by atoms with Gasteiger partial charge in [-0.2, -0.15) is 0 Å². The highest BCUT2D eigenvalue weighted by atomic mass is 31.2. The van der Waals surface area contributed by atoms with E-state index in [9.17, 15) is 59.9 Å². The molecule has 9 N–H and O–H groups in total. The van der Waals surface area contributed by atoms with E-state index in [1.165, 1.54) is 154 Å². The molecule has 1 aliphatic heterocycles. The van der Waals surface area contributed by atoms with Crippen LogP contribution < -0.4 is 0 Å². The second-order valence-corrected chi connectivity index (χ2v) is 22.6. The lowest BCUT2D eigenvalue weighted by Gasteiger charge is -2.47. The highest BCUT2D eigenvalue weighted by Gasteiger charge is 2.55. The van der Waals surface area contributed by atoms with Gasteiger partial charge in [0, 0.05) is 12.8 Å². The molecule has 1 saturated carbocycles. The van der Waals surface area contributed by atoms with Crippen molar-refractivity contribution in [2.24, 2.45) is 0 Å². The molecule has 0 radical (unpaired) electrons. The maximum absolute atomic E-state index is 13.5. The maximum atomic E-state index is 13.5. The highest BCUT2D eigenvalue weighted by Crippen LogP contribution is 2.48. The lowest BCUT2D eigenvalue weighted by Crippen LogP contribution is -2.67. The van der Waals surface area contributed by atoms with Crippen LogP contribution in [0.1, 0.15) is 245 Å². The topological polar surface area (TPSA) is 289 Å². The van der Waals surface area contributed by atoms with E-state index >= 15 is 0 Å². The van der Waals surface area contributed by atoms with Crippen molar-refractivity contribution in [1.29, 1.82) is 0 Å². The van der Waals surface area contributed by atoms with Crippen LogP contribution in [0.5, 0.6) is 0 Å². The summed E-state index contributed by atoms with van der Waals surface area (Å²) >= 11 is 0. The minimum absolute atomic E-state index is 0.0406. The summed E-state index contributed by atoms with van der Waals surface area (Å²) < 4.78 is 45.7. The van der Waals surface area contributed by atoms with Gasteiger partial charge in [-0.3, -0.25) is 18.6 Å². The standard InChI is InChI=1S/C55H105O18P/c1-3-5-7-9-11-13-15-17-19-21-23-25-27-29-31-33-35-37-44(57)68-40-42(70-45(58)38-36-34-32-30-28-26-24-22-20-18-16-14-12-10-8-6-4-2)41-69-74(66,67)73-54-51(64)49(62)48(61)50(63)53(54)72-55-52(65)47(60)46(59)43(39-56)71-55/h42-43,46-56,59-65H,3-41H2,1-2H3,(H,66,67). The summed E-state index contributed by atoms with van der Waals surface area (Å²) in [5.74, 6) is -1.20. The Hall–Kier alpha value is -1.35. The predicted molar refractivity (Wildman–Crippen MR) is 282 cm³/mol. The van der Waals surface area contributed by atoms with E-state index in [1.807, 2.05) is 0 Å². The molecule has 1 aliphatic carbocycles. The smallest absolute Gasteiger partial charge is 0.462 e. The van der Waals surface area contributed by atoms with Crippen molar-refractivity contribution in [3.05, 3.63) is 0 Å². The van der Waals surface area contributed by atoms with E-state index in [0.717, 1.165) is 51.4 Å². The Labute approximate surface area is 444 Å². The third-order valence-electron chi connectivity index (χ3n) is 14.6. The number of esters is 2. The first-order valence-corrected chi connectivity index (χ1v) is 30.9. The fourth-order valence-electron chi connectivity index (χ4n) is 9.77. The fraction of sp³-hybridized carbons (Fsp3) is 0.964. The van der Waals surface area contributed by atoms with Crippen molar-refractivity contribution >= 4 is 19.8 Å². The molecule has 19 heteroatoms. The van der Waals surface area contributed by atoms with Crippen molar-refractivity contribution in [2.45, 2.75) is 318 Å². The number of unbranched alkanes of at least 4 members (excludes halogenated alkanes) is 32. The number of aliphatic hydroxyl groups is 8. The molecule has 0 amide bonds. The molecule has 13 atom stereocenters. The van der Waals surface area contributed by atoms with Crippen LogP contribution in [-0.2, 0) is 42.1 Å². The first-order valence-electron chi connectivity index (χ1n) is 29.4. The zero-order valence-electron chi connectivity index (χ0n) is 45.7. The Morgan fingerprint density at radius 1 is 0.459 bits per heavy atom. The van der Waals surface area contributed by atoms with Crippen LogP contribution in [0.15, 0.2) is 0 Å². The summed E-state index contributed by atoms with van der Waals surface area (Å²) in [6.07, 6.45) is 17.3. The first-order chi connectivity index (χ1) is 35.7. The minimum atomic E-state index is -5.37. The number of ether oxygens (including phenoxy) is 4. The van der Waals surface area contributed by atoms with Gasteiger partial charge >= 0.3 is 19.8 Å². The number of carbonyl (C=O) groups excluding carboxylic acids is 2. The van der Waals surface area contributed by atoms with Gasteiger partial charge in [0.25, 0.3) is 0 Å². The molecule has 0 aromatic heterocycles. The van der Waals surface area contributed by atoms with E-state index < -0.39 is 113 Å². The van der Waals surface area contributed by atoms with Crippen LogP contribution in [-0.4, -0.2) is 151 Å². The highest BCUT2D eigenvalue weighted by molar-refractivity contribution is 7.47. The molecule has 0 spiro atoms. The molecule has 2 rings (SSSR count). The minimum Gasteiger partial charge on any atom is -0.462 e. The average molecular weight is 1090 g/mol. The fourth-order valence-corrected chi connectivity index (χ4v) is 10.7. The Balaban J connectivity index is 1.87. The van der Waals surface area contributed by atoms with E-state index in [-0.39, 0.29) is 12.8 Å². The largest absolute Gasteiger partial charge is 0.472 e. The molecule has 2 aliphatic rings. The van der Waals surface area contributed by atoms with Gasteiger partial charge in [0.1, 0.15) is 67.6 Å². The molecule has 1 heterocycles. The molecule has 438 valence electrons. The van der Waals surface area contributed by atoms with Gasteiger partial charge in [-0.1, -0.05) is 219 Å². The Morgan fingerprint density at radius 2 is 0.811 bits per heavy atom. The first kappa shape index (κ1) is 68.8. The van der Waals surface area contributed by atoms with Gasteiger partial charge in [-0.15, -0.1) is 0 Å². The molecule has 2 fully saturated rings. The molecular weight excluding hydrogens is 980 g/mol. The number of hydrogen-bond acceptors (Lipinski definition) is 17. The van der Waals surface area contributed by atoms with Crippen LogP contribution in [0.3, 0.4) is 0 Å². The number of phosphoric acid groups is 1. The number of carbonyl (C=O) groups is 2. The second kappa shape index (κ2) is 42.6. The molecule has 0 aromatic carbocycles. The zero-order valence-corrected chi connectivity index (χ0v) is 46.5. The van der Waals surface area contributed by atoms with E-state index in [2.05, 4.69) is 13.8 Å². The third-order valence-corrected chi connectivity index (χ3v) is 15.5. The van der Waals surface area contributed by atoms with Crippen LogP contribution >= 0.6 is 7.82 Å². The zero-order chi connectivity index (χ0) is 54.4. The van der Waals surface area contributed by atoms with E-state index in [4.69, 9.17) is 28.0 Å². The quantitative estimate of drug-likeness (QED) is 0.0156. The summed E-state index contributed by atoms with van der Waals surface area (Å²) in [6.45, 7) is 2.29. The lowest BCUT2D eigenvalue weighted by molar-refractivity contribution is -0.338. The summed E-state index contributed by atoms with van der Waals surface area (Å²) in [5.41, 5.74) is 0. The lowest BCUT2D eigenvalue weighted by atomic mass is 9.84. The monoisotopic (exact) mass is 1080 g/mol. The predicted octanol–water partition coefficient (Wildman–Crippen LogP) is 8.67. The average Bonchev–Trinajstić information content (AvgIpc) is 3.38. The number of rotatable bonds is 47. The summed E-state index contributed by atoms with van der Waals surface area (Å²) in [7, 11) is -5.37. The molecule has 74 heavy (non-hydrogen) atoms. The molecule has 18 nitrogen and oxygen atoms in total. The van der Waals surface area contributed by atoms with E-state index in [1.54, 1.807) is 0 Å². The van der Waals surface area contributed by atoms with Crippen LogP contribution in [0.4, 0.5) is 0 Å². The van der Waals surface area contributed by atoms with Crippen LogP contribution in [0.25, 0.3) is 0 Å². The normalized spacial score (nSPS) is 26.4. The maximum Gasteiger partial charge on any atom is 0.472 e. The molecule has 0 aromatic rings. The van der Waals surface area contributed by atoms with Gasteiger partial charge in [0.05, 0.1) is 13.2 Å². The summed E-state index contributed by atoms with van der Waals surface area (Å²) in [5, 5.41) is 83.2. The Morgan fingerprint density at radius 3 is 1.20 bits per heavy atom. The van der Waals surface area contributed by atoms with Crippen molar-refractivity contribution in [2.75, 3.05) is 19.8 Å². The van der Waals surface area contributed by atoms with Crippen molar-refractivity contribution in [3.8, 4) is 0 Å². The molecule has 0 bridgehead atoms. The Bertz CT molecular complexity index is 1430. The van der Waals surface area contributed by atoms with Gasteiger partial charge in [-0.05, 0) is 12.8 Å². The van der Waals surface area contributed by atoms with Gasteiger partial charge in [0.15, 0.2) is 12.4 Å². The van der Waals surface area contributed by atoms with Gasteiger partial charge < -0.3 is 64.7 Å². The number of aliphatic hydroxyl groups excluding tert-OH is 8. The summed E-state index contributed by atoms with van der Waals surface area (Å²) in [4.78, 5) is 36.7. The van der Waals surface area contributed by atoms with Crippen LogP contribution in [0.2, 0.25) is 0 Å². The van der Waals surface area contributed by atoms with Gasteiger partial charge in [-0.25, -0.2) is 4.57 Å². The van der Waals surface area contributed by atoms with Crippen molar-refractivity contribution in [3.63, 3.8) is 0 Å². The van der Waals surface area contributed by atoms with Gasteiger partial charge in [0.2, 0.25) is 0 Å². The SMILES string of the molecule is CCCCCCCCCCCCCCCCCCCC(=O)OCC(COP(=O)(O)OC1C(O)C(O)C(O)C(O)C1OC1OC(CO)C(O)C(O)C1O)OC(=O)CCCCCCCCCCCCCCCCCCC. The number of phosphoric ester groups is 1. The van der Waals surface area contributed by atoms with E-state index in [0.29, 0.717) is 12.8 Å². The second-order valence-electron chi connectivity index (χ2n) is 21.2. The Kier molecular flexibility index (Phi) is 39.6. The number of hydrogen-bond donors (Lipinski definition) is 9. The van der Waals surface area contributed by atoms with Crippen molar-refractivity contribution < 1.29 is 87.9 Å². The third kappa shape index (κ3) is 30.1. The molecule has 1 saturated heterocycles. The summed E-state index contributed by atoms with van der Waals surface area (Å²) in [6, 6.07) is 0. The van der Waals surface area contributed by atoms with Crippen molar-refractivity contribution in [1.82, 2.24) is 0 Å². The molecule has 13 unspecified atom stereocenters. The molecular formula is C55H105O18P. The van der Waals surface area contributed by atoms with Crippen LogP contribution in [0, 0.1) is 0 Å².